The minimum Gasteiger partial charge on any atom is -0.377 e. The average Bonchev–Trinajstić information content (AvgIpc) is 3.17. The molecule has 1 N–H and O–H groups in total. The molecule has 2 aromatic carbocycles. The van der Waals surface area contributed by atoms with Gasteiger partial charge in [-0.1, -0.05) is 30.3 Å². The van der Waals surface area contributed by atoms with Crippen LogP contribution in [0, 0.1) is 18.6 Å². The fraction of sp³-hybridized carbons (Fsp3) is 0.318. The number of aromatic nitrogens is 1. The smallest absolute Gasteiger partial charge is 0.189 e. The predicted octanol–water partition coefficient (Wildman–Crippen LogP) is 4.39. The number of anilines is 1. The molecule has 0 amide bonds. The average molecular weight is 464 g/mol. The maximum atomic E-state index is 15.0. The number of hydrogen-bond acceptors (Lipinski definition) is 6. The molecule has 1 aromatic heterocycles. The van der Waals surface area contributed by atoms with Crippen LogP contribution in [0.2, 0.25) is 0 Å². The lowest BCUT2D eigenvalue weighted by molar-refractivity contribution is 0.0905. The minimum atomic E-state index is -4.20. The Kier molecular flexibility index (Phi) is 5.85. The molecule has 2 heterocycles. The van der Waals surface area contributed by atoms with Crippen molar-refractivity contribution in [1.29, 1.82) is 0 Å². The third kappa shape index (κ3) is 4.63. The topological polar surface area (TPSA) is 62.3 Å². The van der Waals surface area contributed by atoms with Gasteiger partial charge in [0.2, 0.25) is 0 Å². The van der Waals surface area contributed by atoms with Gasteiger partial charge in [-0.25, -0.2) is 22.2 Å². The highest BCUT2D eigenvalue weighted by Crippen LogP contribution is 2.34. The molecule has 0 atom stereocenters. The van der Waals surface area contributed by atoms with Gasteiger partial charge in [0.25, 0.3) is 0 Å². The SMILES string of the molecule is Cc1c(NC2(C)CN(Cc3ccccc3)C2)cc(F)c(S(=O)(=O)Cc2cscn2)c1F. The summed E-state index contributed by atoms with van der Waals surface area (Å²) in [5.74, 6) is -2.69. The second-order valence-corrected chi connectivity index (χ2v) is 10.9. The van der Waals surface area contributed by atoms with Crippen molar-refractivity contribution in [1.82, 2.24) is 9.88 Å². The molecular weight excluding hydrogens is 440 g/mol. The summed E-state index contributed by atoms with van der Waals surface area (Å²) in [5, 5.41) is 4.77. The quantitative estimate of drug-likeness (QED) is 0.563. The molecule has 0 spiro atoms. The third-order valence-electron chi connectivity index (χ3n) is 5.38. The number of halogens is 2. The van der Waals surface area contributed by atoms with E-state index in [9.17, 15) is 12.8 Å². The molecule has 0 radical (unpaired) electrons. The zero-order valence-electron chi connectivity index (χ0n) is 17.2. The first-order chi connectivity index (χ1) is 14.7. The van der Waals surface area contributed by atoms with Crippen molar-refractivity contribution in [3.8, 4) is 0 Å². The molecule has 1 aliphatic rings. The molecule has 9 heteroatoms. The molecule has 1 aliphatic heterocycles. The number of rotatable bonds is 7. The van der Waals surface area contributed by atoms with E-state index in [1.54, 1.807) is 5.38 Å². The molecule has 5 nitrogen and oxygen atoms in total. The Morgan fingerprint density at radius 1 is 1.23 bits per heavy atom. The van der Waals surface area contributed by atoms with Crippen LogP contribution in [0.1, 0.15) is 23.7 Å². The standard InChI is InChI=1S/C22H23F2N3O2S2/c1-15-19(26-22(2)12-27(13-22)9-16-6-4-3-5-7-16)8-18(23)21(20(15)24)31(28,29)11-17-10-30-14-25-17/h3-8,10,14,26H,9,11-13H2,1-2H3. The zero-order valence-corrected chi connectivity index (χ0v) is 18.9. The summed E-state index contributed by atoms with van der Waals surface area (Å²) in [5.41, 5.74) is 2.94. The monoisotopic (exact) mass is 463 g/mol. The van der Waals surface area contributed by atoms with Gasteiger partial charge in [-0.2, -0.15) is 0 Å². The minimum absolute atomic E-state index is 0.0842. The molecule has 0 saturated carbocycles. The van der Waals surface area contributed by atoms with E-state index in [0.717, 1.165) is 12.6 Å². The summed E-state index contributed by atoms with van der Waals surface area (Å²) in [4.78, 5) is 5.25. The molecule has 1 fully saturated rings. The second kappa shape index (κ2) is 8.29. The van der Waals surface area contributed by atoms with Crippen LogP contribution in [0.3, 0.4) is 0 Å². The van der Waals surface area contributed by atoms with Gasteiger partial charge in [0.15, 0.2) is 9.84 Å². The lowest BCUT2D eigenvalue weighted by atomic mass is 9.90. The van der Waals surface area contributed by atoms with E-state index in [-0.39, 0.29) is 22.5 Å². The predicted molar refractivity (Wildman–Crippen MR) is 118 cm³/mol. The van der Waals surface area contributed by atoms with E-state index < -0.39 is 32.1 Å². The van der Waals surface area contributed by atoms with Crippen molar-refractivity contribution in [3.05, 3.63) is 75.7 Å². The summed E-state index contributed by atoms with van der Waals surface area (Å²) >= 11 is 1.23. The van der Waals surface area contributed by atoms with Crippen LogP contribution >= 0.6 is 11.3 Å². The van der Waals surface area contributed by atoms with Crippen molar-refractivity contribution in [3.63, 3.8) is 0 Å². The highest BCUT2D eigenvalue weighted by molar-refractivity contribution is 7.90. The van der Waals surface area contributed by atoms with Gasteiger partial charge in [0, 0.05) is 36.3 Å². The van der Waals surface area contributed by atoms with Crippen LogP contribution in [0.25, 0.3) is 0 Å². The van der Waals surface area contributed by atoms with Crippen LogP contribution in [0.5, 0.6) is 0 Å². The molecule has 0 bridgehead atoms. The molecular formula is C22H23F2N3O2S2. The number of sulfone groups is 1. The summed E-state index contributed by atoms with van der Waals surface area (Å²) in [6, 6.07) is 11.2. The Hall–Kier alpha value is -2.36. The first kappa shape index (κ1) is 21.9. The van der Waals surface area contributed by atoms with E-state index in [4.69, 9.17) is 0 Å². The van der Waals surface area contributed by atoms with E-state index in [2.05, 4.69) is 27.3 Å². The number of nitrogens with zero attached hydrogens (tertiary/aromatic N) is 2. The third-order valence-corrected chi connectivity index (χ3v) is 7.69. The van der Waals surface area contributed by atoms with Gasteiger partial charge in [0.05, 0.1) is 22.5 Å². The molecule has 3 aromatic rings. The van der Waals surface area contributed by atoms with E-state index in [1.807, 2.05) is 25.1 Å². The van der Waals surface area contributed by atoms with Crippen molar-refractivity contribution >= 4 is 26.9 Å². The number of nitrogens with one attached hydrogen (secondary N) is 1. The van der Waals surface area contributed by atoms with Crippen LogP contribution in [0.4, 0.5) is 14.5 Å². The second-order valence-electron chi connectivity index (χ2n) is 8.23. The first-order valence-corrected chi connectivity index (χ1v) is 12.4. The molecule has 1 saturated heterocycles. The van der Waals surface area contributed by atoms with Crippen molar-refractivity contribution < 1.29 is 17.2 Å². The molecule has 164 valence electrons. The molecule has 31 heavy (non-hydrogen) atoms. The largest absolute Gasteiger partial charge is 0.377 e. The van der Waals surface area contributed by atoms with Crippen LogP contribution in [0.15, 0.2) is 52.2 Å². The Morgan fingerprint density at radius 2 is 1.94 bits per heavy atom. The maximum absolute atomic E-state index is 15.0. The van der Waals surface area contributed by atoms with Crippen molar-refractivity contribution in [2.75, 3.05) is 18.4 Å². The van der Waals surface area contributed by atoms with E-state index in [1.165, 1.54) is 29.3 Å². The molecule has 4 rings (SSSR count). The fourth-order valence-electron chi connectivity index (χ4n) is 3.98. The Morgan fingerprint density at radius 3 is 2.58 bits per heavy atom. The summed E-state index contributed by atoms with van der Waals surface area (Å²) < 4.78 is 55.1. The molecule has 0 unspecified atom stereocenters. The Labute approximate surface area is 184 Å². The molecule has 0 aliphatic carbocycles. The highest BCUT2D eigenvalue weighted by Gasteiger charge is 2.39. The lowest BCUT2D eigenvalue weighted by Crippen LogP contribution is -2.63. The normalized spacial score (nSPS) is 16.1. The lowest BCUT2D eigenvalue weighted by Gasteiger charge is -2.49. The highest BCUT2D eigenvalue weighted by atomic mass is 32.2. The summed E-state index contributed by atoms with van der Waals surface area (Å²) in [6.07, 6.45) is 0. The number of hydrogen-bond donors (Lipinski definition) is 1. The van der Waals surface area contributed by atoms with Gasteiger partial charge >= 0.3 is 0 Å². The summed E-state index contributed by atoms with van der Waals surface area (Å²) in [6.45, 7) is 5.65. The number of thiazole rings is 1. The van der Waals surface area contributed by atoms with E-state index in [0.29, 0.717) is 13.1 Å². The van der Waals surface area contributed by atoms with Crippen molar-refractivity contribution in [2.24, 2.45) is 0 Å². The van der Waals surface area contributed by atoms with Gasteiger partial charge in [-0.05, 0) is 25.5 Å². The number of benzene rings is 2. The van der Waals surface area contributed by atoms with Crippen LogP contribution in [-0.4, -0.2) is 36.9 Å². The van der Waals surface area contributed by atoms with Crippen LogP contribution in [-0.2, 0) is 22.1 Å². The fourth-order valence-corrected chi connectivity index (χ4v) is 6.12. The number of likely N-dealkylation sites (tertiary alicyclic amines) is 1. The Balaban J connectivity index is 1.50. The van der Waals surface area contributed by atoms with Crippen LogP contribution < -0.4 is 5.32 Å². The van der Waals surface area contributed by atoms with Gasteiger partial charge in [0.1, 0.15) is 16.5 Å². The first-order valence-electron chi connectivity index (χ1n) is 9.80. The van der Waals surface area contributed by atoms with Gasteiger partial charge in [-0.3, -0.25) is 4.90 Å². The zero-order chi connectivity index (χ0) is 22.2. The summed E-state index contributed by atoms with van der Waals surface area (Å²) in [7, 11) is -4.20. The van der Waals surface area contributed by atoms with Gasteiger partial charge in [-0.15, -0.1) is 11.3 Å². The van der Waals surface area contributed by atoms with Gasteiger partial charge < -0.3 is 5.32 Å². The van der Waals surface area contributed by atoms with E-state index >= 15 is 4.39 Å². The van der Waals surface area contributed by atoms with Crippen molar-refractivity contribution in [2.45, 2.75) is 36.6 Å². The maximum Gasteiger partial charge on any atom is 0.189 e. The Bertz CT molecular complexity index is 1180.